The third kappa shape index (κ3) is 3.79. The number of aromatic nitrogens is 2. The lowest BCUT2D eigenvalue weighted by atomic mass is 9.95. The molecule has 3 rings (SSSR count). The van der Waals surface area contributed by atoms with Gasteiger partial charge in [-0.15, -0.1) is 0 Å². The van der Waals surface area contributed by atoms with Crippen LogP contribution in [0, 0.1) is 12.3 Å². The summed E-state index contributed by atoms with van der Waals surface area (Å²) in [6.07, 6.45) is 0. The molecule has 0 aliphatic rings. The molecule has 0 aliphatic heterocycles. The van der Waals surface area contributed by atoms with E-state index in [2.05, 4.69) is 47.1 Å². The van der Waals surface area contributed by atoms with Crippen molar-refractivity contribution < 1.29 is 4.79 Å². The van der Waals surface area contributed by atoms with Crippen molar-refractivity contribution in [3.8, 4) is 0 Å². The van der Waals surface area contributed by atoms with Gasteiger partial charge in [0.1, 0.15) is 5.82 Å². The van der Waals surface area contributed by atoms with Gasteiger partial charge in [0.2, 0.25) is 5.91 Å². The Morgan fingerprint density at radius 1 is 1.12 bits per heavy atom. The summed E-state index contributed by atoms with van der Waals surface area (Å²) in [5, 5.41) is 3.11. The minimum atomic E-state index is -0.429. The molecule has 0 aliphatic carbocycles. The Hall–Kier alpha value is -2.62. The zero-order valence-electron chi connectivity index (χ0n) is 16.2. The number of hydrogen-bond acceptors (Lipinski definition) is 2. The lowest BCUT2D eigenvalue weighted by Gasteiger charge is -2.22. The summed E-state index contributed by atoms with van der Waals surface area (Å²) in [5.74, 6) is 0.906. The van der Waals surface area contributed by atoms with Crippen molar-refractivity contribution in [3.05, 3.63) is 65.5 Å². The lowest BCUT2D eigenvalue weighted by molar-refractivity contribution is -0.129. The van der Waals surface area contributed by atoms with Crippen LogP contribution in [-0.2, 0) is 11.3 Å². The number of nitrogens with one attached hydrogen (secondary N) is 1. The van der Waals surface area contributed by atoms with Crippen LogP contribution in [0.2, 0.25) is 0 Å². The molecule has 1 unspecified atom stereocenters. The van der Waals surface area contributed by atoms with E-state index in [0.29, 0.717) is 0 Å². The van der Waals surface area contributed by atoms with Crippen molar-refractivity contribution in [1.82, 2.24) is 14.9 Å². The summed E-state index contributed by atoms with van der Waals surface area (Å²) in [7, 11) is 0. The van der Waals surface area contributed by atoms with E-state index >= 15 is 0 Å². The molecular formula is C22H27N3O. The van der Waals surface area contributed by atoms with Crippen LogP contribution in [0.1, 0.15) is 50.7 Å². The smallest absolute Gasteiger partial charge is 0.225 e. The summed E-state index contributed by atoms with van der Waals surface area (Å²) >= 11 is 0. The van der Waals surface area contributed by atoms with Gasteiger partial charge >= 0.3 is 0 Å². The maximum absolute atomic E-state index is 12.4. The molecule has 0 saturated heterocycles. The Labute approximate surface area is 155 Å². The number of aryl methyl sites for hydroxylation is 1. The van der Waals surface area contributed by atoms with E-state index < -0.39 is 5.41 Å². The number of hydrogen-bond donors (Lipinski definition) is 1. The Bertz CT molecular complexity index is 917. The molecule has 3 aromatic rings. The highest BCUT2D eigenvalue weighted by atomic mass is 16.2. The first kappa shape index (κ1) is 18.2. The highest BCUT2D eigenvalue weighted by molar-refractivity contribution is 5.82. The van der Waals surface area contributed by atoms with Gasteiger partial charge in [-0.1, -0.05) is 62.7 Å². The van der Waals surface area contributed by atoms with Crippen LogP contribution in [0.4, 0.5) is 0 Å². The fourth-order valence-electron chi connectivity index (χ4n) is 2.94. The SMILES string of the molecule is Cc1ccc(Cn2c(C(C)NC(=O)C(C)(C)C)nc3ccccc32)cc1. The number of rotatable bonds is 4. The molecule has 1 aromatic heterocycles. The molecule has 0 bridgehead atoms. The lowest BCUT2D eigenvalue weighted by Crippen LogP contribution is -2.37. The Balaban J connectivity index is 1.99. The van der Waals surface area contributed by atoms with Crippen molar-refractivity contribution in [2.75, 3.05) is 0 Å². The zero-order valence-corrected chi connectivity index (χ0v) is 16.2. The first-order chi connectivity index (χ1) is 12.3. The van der Waals surface area contributed by atoms with Crippen LogP contribution in [0.3, 0.4) is 0 Å². The van der Waals surface area contributed by atoms with Crippen molar-refractivity contribution in [2.45, 2.75) is 47.2 Å². The predicted molar refractivity (Wildman–Crippen MR) is 106 cm³/mol. The molecule has 4 nitrogen and oxygen atoms in total. The molecule has 1 amide bonds. The summed E-state index contributed by atoms with van der Waals surface area (Å²) in [5.41, 5.74) is 4.07. The van der Waals surface area contributed by atoms with Crippen molar-refractivity contribution in [3.63, 3.8) is 0 Å². The summed E-state index contributed by atoms with van der Waals surface area (Å²) < 4.78 is 2.20. The molecule has 26 heavy (non-hydrogen) atoms. The Morgan fingerprint density at radius 3 is 2.42 bits per heavy atom. The van der Waals surface area contributed by atoms with Gasteiger partial charge in [0.05, 0.1) is 17.1 Å². The number of carbonyl (C=O) groups is 1. The number of imidazole rings is 1. The Morgan fingerprint density at radius 2 is 1.77 bits per heavy atom. The maximum atomic E-state index is 12.4. The minimum Gasteiger partial charge on any atom is -0.346 e. The van der Waals surface area contributed by atoms with Crippen molar-refractivity contribution >= 4 is 16.9 Å². The standard InChI is InChI=1S/C22H27N3O/c1-15-10-12-17(13-11-15)14-25-19-9-7-6-8-18(19)24-20(25)16(2)23-21(26)22(3,4)5/h6-13,16H,14H2,1-5H3,(H,23,26). The number of benzene rings is 2. The van der Waals surface area contributed by atoms with Crippen LogP contribution in [-0.4, -0.2) is 15.5 Å². The maximum Gasteiger partial charge on any atom is 0.225 e. The normalized spacial score (nSPS) is 13.0. The van der Waals surface area contributed by atoms with E-state index in [1.807, 2.05) is 45.9 Å². The van der Waals surface area contributed by atoms with E-state index in [0.717, 1.165) is 23.4 Å². The quantitative estimate of drug-likeness (QED) is 0.747. The zero-order chi connectivity index (χ0) is 18.9. The molecule has 2 aromatic carbocycles. The molecule has 0 fully saturated rings. The number of fused-ring (bicyclic) bond motifs is 1. The van der Waals surface area contributed by atoms with Crippen molar-refractivity contribution in [2.24, 2.45) is 5.41 Å². The first-order valence-corrected chi connectivity index (χ1v) is 9.07. The second kappa shape index (κ2) is 6.94. The van der Waals surface area contributed by atoms with E-state index in [9.17, 15) is 4.79 Å². The second-order valence-corrected chi connectivity index (χ2v) is 7.98. The molecule has 4 heteroatoms. The highest BCUT2D eigenvalue weighted by Gasteiger charge is 2.25. The summed E-state index contributed by atoms with van der Waals surface area (Å²) in [6, 6.07) is 16.5. The van der Waals surface area contributed by atoms with Gasteiger partial charge < -0.3 is 9.88 Å². The fraction of sp³-hybridized carbons (Fsp3) is 0.364. The predicted octanol–water partition coefficient (Wildman–Crippen LogP) is 4.62. The third-order valence-corrected chi connectivity index (χ3v) is 4.56. The van der Waals surface area contributed by atoms with Crippen LogP contribution in [0.5, 0.6) is 0 Å². The fourth-order valence-corrected chi connectivity index (χ4v) is 2.94. The average molecular weight is 349 g/mol. The summed E-state index contributed by atoms with van der Waals surface area (Å²) in [4.78, 5) is 17.2. The molecule has 136 valence electrons. The average Bonchev–Trinajstić information content (AvgIpc) is 2.95. The van der Waals surface area contributed by atoms with Crippen molar-refractivity contribution in [1.29, 1.82) is 0 Å². The van der Waals surface area contributed by atoms with Gasteiger partial charge in [-0.2, -0.15) is 0 Å². The second-order valence-electron chi connectivity index (χ2n) is 7.98. The number of nitrogens with zero attached hydrogens (tertiary/aromatic N) is 2. The first-order valence-electron chi connectivity index (χ1n) is 9.07. The van der Waals surface area contributed by atoms with E-state index in [-0.39, 0.29) is 11.9 Å². The topological polar surface area (TPSA) is 46.9 Å². The molecule has 0 radical (unpaired) electrons. The van der Waals surface area contributed by atoms with Gasteiger partial charge in [-0.25, -0.2) is 4.98 Å². The van der Waals surface area contributed by atoms with Gasteiger partial charge in [-0.05, 0) is 31.5 Å². The van der Waals surface area contributed by atoms with Crippen LogP contribution < -0.4 is 5.32 Å². The molecule has 0 spiro atoms. The largest absolute Gasteiger partial charge is 0.346 e. The minimum absolute atomic E-state index is 0.0268. The van der Waals surface area contributed by atoms with Gasteiger partial charge in [0.25, 0.3) is 0 Å². The van der Waals surface area contributed by atoms with Crippen LogP contribution >= 0.6 is 0 Å². The molecular weight excluding hydrogens is 322 g/mol. The monoisotopic (exact) mass is 349 g/mol. The van der Waals surface area contributed by atoms with E-state index in [4.69, 9.17) is 4.98 Å². The van der Waals surface area contributed by atoms with Gasteiger partial charge in [-0.3, -0.25) is 4.79 Å². The number of carbonyl (C=O) groups excluding carboxylic acids is 1. The van der Waals surface area contributed by atoms with E-state index in [1.54, 1.807) is 0 Å². The molecule has 0 saturated carbocycles. The third-order valence-electron chi connectivity index (χ3n) is 4.56. The molecule has 1 N–H and O–H groups in total. The highest BCUT2D eigenvalue weighted by Crippen LogP contribution is 2.24. The van der Waals surface area contributed by atoms with Gasteiger partial charge in [0.15, 0.2) is 0 Å². The number of amides is 1. The summed E-state index contributed by atoms with van der Waals surface area (Å²) in [6.45, 7) is 10.6. The Kier molecular flexibility index (Phi) is 4.86. The molecule has 1 heterocycles. The van der Waals surface area contributed by atoms with Crippen LogP contribution in [0.15, 0.2) is 48.5 Å². The molecule has 1 atom stereocenters. The van der Waals surface area contributed by atoms with Crippen LogP contribution in [0.25, 0.3) is 11.0 Å². The van der Waals surface area contributed by atoms with E-state index in [1.165, 1.54) is 11.1 Å². The van der Waals surface area contributed by atoms with Gasteiger partial charge in [0, 0.05) is 12.0 Å². The number of para-hydroxylation sites is 2.